The number of ether oxygens (including phenoxy) is 2. The van der Waals surface area contributed by atoms with E-state index in [0.29, 0.717) is 31.2 Å². The average Bonchev–Trinajstić information content (AvgIpc) is 2.88. The summed E-state index contributed by atoms with van der Waals surface area (Å²) in [6, 6.07) is 0. The zero-order valence-corrected chi connectivity index (χ0v) is 27.1. The highest BCUT2D eigenvalue weighted by molar-refractivity contribution is 5.73. The van der Waals surface area contributed by atoms with Gasteiger partial charge in [-0.1, -0.05) is 63.8 Å². The van der Waals surface area contributed by atoms with Gasteiger partial charge in [-0.25, -0.2) is 0 Å². The number of hydrogen-bond donors (Lipinski definition) is 1. The maximum atomic E-state index is 11.6. The zero-order valence-electron chi connectivity index (χ0n) is 27.1. The van der Waals surface area contributed by atoms with Gasteiger partial charge in [-0.15, -0.1) is 0 Å². The Balaban J connectivity index is 2.62. The van der Waals surface area contributed by atoms with Gasteiger partial charge in [0.15, 0.2) is 5.76 Å². The molecule has 0 aromatic carbocycles. The second-order valence-corrected chi connectivity index (χ2v) is 11.8. The normalized spacial score (nSPS) is 16.5. The van der Waals surface area contributed by atoms with Crippen molar-refractivity contribution in [2.75, 3.05) is 13.2 Å². The van der Waals surface area contributed by atoms with Gasteiger partial charge >= 0.3 is 5.97 Å². The molecule has 0 saturated heterocycles. The molecular weight excluding hydrogens is 508 g/mol. The van der Waals surface area contributed by atoms with Crippen LogP contribution in [0.5, 0.6) is 0 Å². The molecule has 0 aromatic rings. The number of rotatable bonds is 19. The van der Waals surface area contributed by atoms with E-state index in [4.69, 9.17) is 9.47 Å². The standard InChI is InChI=1S/C37H56O4/c1-28(2)13-9-15-30(5)17-11-19-32(7)23-25-40-35-22-21-34(37(38)39)27-36(35)41-26-24-33(8)20-12-18-31(6)16-10-14-29(3)4/h13-14,17-18,21-24,34H,9-12,15-16,19-20,25-27H2,1-8H3,(H,38,39)/b30-17+,31-18+,32-23+,33-24+. The van der Waals surface area contributed by atoms with Crippen molar-refractivity contribution in [2.45, 2.75) is 113 Å². The lowest BCUT2D eigenvalue weighted by Crippen LogP contribution is -2.17. The topological polar surface area (TPSA) is 55.8 Å². The SMILES string of the molecule is CC(C)=CCC/C(C)=C/CC/C(C)=C/COC1=C(OC/C=C(\C)CC/C=C(\C)CCC=C(C)C)CC(C(=O)O)C=C1. The summed E-state index contributed by atoms with van der Waals surface area (Å²) in [5.74, 6) is -0.201. The third-order valence-corrected chi connectivity index (χ3v) is 7.08. The van der Waals surface area contributed by atoms with Gasteiger partial charge < -0.3 is 14.6 Å². The molecule has 0 saturated carbocycles. The van der Waals surface area contributed by atoms with E-state index >= 15 is 0 Å². The van der Waals surface area contributed by atoms with Gasteiger partial charge in [0, 0.05) is 6.42 Å². The maximum absolute atomic E-state index is 11.6. The molecule has 4 nitrogen and oxygen atoms in total. The summed E-state index contributed by atoms with van der Waals surface area (Å²) >= 11 is 0. The molecule has 1 aliphatic carbocycles. The van der Waals surface area contributed by atoms with Gasteiger partial charge in [-0.3, -0.25) is 4.79 Å². The number of carbonyl (C=O) groups is 1. The lowest BCUT2D eigenvalue weighted by atomic mass is 9.98. The molecular formula is C37H56O4. The number of aliphatic carboxylic acids is 1. The van der Waals surface area contributed by atoms with Gasteiger partial charge in [0.2, 0.25) is 0 Å². The summed E-state index contributed by atoms with van der Waals surface area (Å²) in [5, 5.41) is 9.51. The quantitative estimate of drug-likeness (QED) is 0.159. The van der Waals surface area contributed by atoms with E-state index in [2.05, 4.69) is 91.8 Å². The van der Waals surface area contributed by atoms with Crippen LogP contribution in [0.25, 0.3) is 0 Å². The fourth-order valence-electron chi connectivity index (χ4n) is 4.33. The molecule has 0 spiro atoms. The first-order valence-electron chi connectivity index (χ1n) is 15.3. The summed E-state index contributed by atoms with van der Waals surface area (Å²) in [5.41, 5.74) is 8.16. The number of carboxylic acid groups (broad SMARTS) is 1. The fraction of sp³-hybridized carbons (Fsp3) is 0.541. The van der Waals surface area contributed by atoms with Gasteiger partial charge in [0.1, 0.15) is 19.0 Å². The molecule has 1 aliphatic rings. The Morgan fingerprint density at radius 3 is 1.54 bits per heavy atom. The van der Waals surface area contributed by atoms with Crippen molar-refractivity contribution in [3.8, 4) is 0 Å². The van der Waals surface area contributed by atoms with Gasteiger partial charge in [0.05, 0.1) is 5.92 Å². The van der Waals surface area contributed by atoms with Crippen molar-refractivity contribution in [1.82, 2.24) is 0 Å². The van der Waals surface area contributed by atoms with Crippen molar-refractivity contribution in [1.29, 1.82) is 0 Å². The second kappa shape index (κ2) is 20.8. The van der Waals surface area contributed by atoms with E-state index in [-0.39, 0.29) is 0 Å². The first-order valence-corrected chi connectivity index (χ1v) is 15.3. The molecule has 1 atom stereocenters. The van der Waals surface area contributed by atoms with E-state index in [0.717, 1.165) is 51.4 Å². The Bertz CT molecular complexity index is 1060. The zero-order chi connectivity index (χ0) is 30.6. The Morgan fingerprint density at radius 2 is 1.10 bits per heavy atom. The van der Waals surface area contributed by atoms with Crippen LogP contribution in [0.15, 0.2) is 93.6 Å². The largest absolute Gasteiger partial charge is 0.490 e. The molecule has 0 fully saturated rings. The van der Waals surface area contributed by atoms with Crippen LogP contribution in [0.3, 0.4) is 0 Å². The minimum atomic E-state index is -0.847. The lowest BCUT2D eigenvalue weighted by molar-refractivity contribution is -0.140. The monoisotopic (exact) mass is 564 g/mol. The summed E-state index contributed by atoms with van der Waals surface area (Å²) in [6.07, 6.45) is 25.6. The third kappa shape index (κ3) is 18.1. The summed E-state index contributed by atoms with van der Waals surface area (Å²) in [7, 11) is 0. The Morgan fingerprint density at radius 1 is 0.683 bits per heavy atom. The maximum Gasteiger partial charge on any atom is 0.310 e. The van der Waals surface area contributed by atoms with Crippen molar-refractivity contribution < 1.29 is 19.4 Å². The van der Waals surface area contributed by atoms with Crippen LogP contribution in [-0.4, -0.2) is 24.3 Å². The molecule has 0 amide bonds. The molecule has 0 aliphatic heterocycles. The fourth-order valence-corrected chi connectivity index (χ4v) is 4.33. The molecule has 4 heteroatoms. The minimum absolute atomic E-state index is 0.307. The molecule has 1 rings (SSSR count). The summed E-state index contributed by atoms with van der Waals surface area (Å²) in [4.78, 5) is 11.6. The van der Waals surface area contributed by atoms with Crippen LogP contribution >= 0.6 is 0 Å². The van der Waals surface area contributed by atoms with E-state index in [1.807, 2.05) is 0 Å². The van der Waals surface area contributed by atoms with Crippen molar-refractivity contribution in [3.63, 3.8) is 0 Å². The third-order valence-electron chi connectivity index (χ3n) is 7.08. The Hall–Kier alpha value is -3.01. The highest BCUT2D eigenvalue weighted by Gasteiger charge is 2.24. The highest BCUT2D eigenvalue weighted by atomic mass is 16.5. The lowest BCUT2D eigenvalue weighted by Gasteiger charge is -2.20. The number of carboxylic acids is 1. The van der Waals surface area contributed by atoms with E-state index < -0.39 is 11.9 Å². The molecule has 1 N–H and O–H groups in total. The second-order valence-electron chi connectivity index (χ2n) is 11.8. The first-order chi connectivity index (χ1) is 19.5. The van der Waals surface area contributed by atoms with Crippen LogP contribution in [0.1, 0.15) is 113 Å². The summed E-state index contributed by atoms with van der Waals surface area (Å²) < 4.78 is 12.1. The molecule has 0 radical (unpaired) electrons. The van der Waals surface area contributed by atoms with Crippen LogP contribution in [0, 0.1) is 5.92 Å². The molecule has 0 aromatic heterocycles. The van der Waals surface area contributed by atoms with Crippen LogP contribution in [0.4, 0.5) is 0 Å². The molecule has 0 heterocycles. The van der Waals surface area contributed by atoms with Crippen molar-refractivity contribution >= 4 is 5.97 Å². The van der Waals surface area contributed by atoms with Gasteiger partial charge in [-0.05, 0) is 125 Å². The molecule has 0 bridgehead atoms. The predicted octanol–water partition coefficient (Wildman–Crippen LogP) is 10.7. The van der Waals surface area contributed by atoms with E-state index in [1.54, 1.807) is 12.2 Å². The van der Waals surface area contributed by atoms with Crippen LogP contribution in [-0.2, 0) is 14.3 Å². The Labute approximate surface area is 251 Å². The predicted molar refractivity (Wildman–Crippen MR) is 175 cm³/mol. The first kappa shape index (κ1) is 36.0. The van der Waals surface area contributed by atoms with Gasteiger partial charge in [-0.2, -0.15) is 0 Å². The number of allylic oxidation sites excluding steroid dienone is 12. The smallest absolute Gasteiger partial charge is 0.310 e. The van der Waals surface area contributed by atoms with Gasteiger partial charge in [0.25, 0.3) is 0 Å². The Kier molecular flexibility index (Phi) is 18.3. The number of hydrogen-bond acceptors (Lipinski definition) is 3. The molecule has 41 heavy (non-hydrogen) atoms. The average molecular weight is 565 g/mol. The summed E-state index contributed by atoms with van der Waals surface area (Å²) in [6.45, 7) is 18.1. The molecule has 1 unspecified atom stereocenters. The highest BCUT2D eigenvalue weighted by Crippen LogP contribution is 2.26. The minimum Gasteiger partial charge on any atom is -0.490 e. The van der Waals surface area contributed by atoms with E-state index in [9.17, 15) is 9.90 Å². The van der Waals surface area contributed by atoms with Crippen molar-refractivity contribution in [3.05, 3.63) is 93.6 Å². The van der Waals surface area contributed by atoms with Crippen LogP contribution in [0.2, 0.25) is 0 Å². The van der Waals surface area contributed by atoms with Crippen molar-refractivity contribution in [2.24, 2.45) is 5.92 Å². The molecule has 228 valence electrons. The van der Waals surface area contributed by atoms with Crippen LogP contribution < -0.4 is 0 Å². The van der Waals surface area contributed by atoms with E-state index in [1.165, 1.54) is 33.4 Å².